The van der Waals surface area contributed by atoms with Gasteiger partial charge in [0.05, 0.1) is 51.6 Å². The van der Waals surface area contributed by atoms with Crippen LogP contribution in [0.5, 0.6) is 0 Å². The largest absolute Gasteiger partial charge is 0.479 e. The van der Waals surface area contributed by atoms with E-state index < -0.39 is 153 Å². The number of aliphatic hydroxyl groups is 3. The van der Waals surface area contributed by atoms with Crippen molar-refractivity contribution in [3.8, 4) is 0 Å². The number of ether oxygens (including phenoxy) is 5. The Balaban J connectivity index is 0.916. The molecule has 0 radical (unpaired) electrons. The fourth-order valence-corrected chi connectivity index (χ4v) is 14.4. The molecule has 0 saturated carbocycles. The summed E-state index contributed by atoms with van der Waals surface area (Å²) in [5.74, 6) is -1.16. The van der Waals surface area contributed by atoms with E-state index in [0.717, 1.165) is 30.3 Å². The minimum Gasteiger partial charge on any atom is -0.387 e. The van der Waals surface area contributed by atoms with Gasteiger partial charge in [-0.1, -0.05) is 4.98 Å². The molecule has 13 N–H and O–H groups in total. The number of phosphoric acid groups is 2. The predicted molar refractivity (Wildman–Crippen MR) is 250 cm³/mol. The third kappa shape index (κ3) is 12.5. The zero-order chi connectivity index (χ0) is 55.2. The van der Waals surface area contributed by atoms with Gasteiger partial charge in [-0.2, -0.15) is 0 Å². The Bertz CT molecular complexity index is 3300. The van der Waals surface area contributed by atoms with Crippen molar-refractivity contribution >= 4 is 64.9 Å². The number of nitrogens with one attached hydrogen (secondary N) is 2. The van der Waals surface area contributed by atoms with Crippen LogP contribution in [0.25, 0.3) is 22.3 Å². The maximum Gasteiger partial charge on any atom is 0.479 e. The van der Waals surface area contributed by atoms with Gasteiger partial charge in [0.1, 0.15) is 54.6 Å². The summed E-state index contributed by atoms with van der Waals surface area (Å²) in [6.45, 7) is -2.72. The average Bonchev–Trinajstić information content (AvgIpc) is 4.20. The molecular formula is C36H53N12O24P4+. The van der Waals surface area contributed by atoms with Crippen LogP contribution in [0.15, 0.2) is 45.6 Å². The van der Waals surface area contributed by atoms with Crippen LogP contribution in [0.3, 0.4) is 0 Å². The number of H-pyrrole nitrogens is 2. The highest BCUT2D eigenvalue weighted by Gasteiger charge is 2.53. The van der Waals surface area contributed by atoms with E-state index in [1.165, 1.54) is 40.5 Å². The number of rotatable bonds is 23. The molecule has 5 aromatic heterocycles. The lowest BCUT2D eigenvalue weighted by Crippen LogP contribution is -2.45. The second-order valence-corrected chi connectivity index (χ2v) is 24.3. The number of methoxy groups -OCH3 is 2. The second kappa shape index (κ2) is 22.6. The minimum atomic E-state index is -5.52. The van der Waals surface area contributed by atoms with E-state index in [1.807, 2.05) is 4.98 Å². The van der Waals surface area contributed by atoms with Gasteiger partial charge in [-0.15, -0.1) is 0 Å². The lowest BCUT2D eigenvalue weighted by Gasteiger charge is -2.26. The van der Waals surface area contributed by atoms with Crippen molar-refractivity contribution in [1.29, 1.82) is 0 Å². The number of nitrogens with zero attached hydrogens (tertiary/aromatic N) is 8. The molecule has 0 spiro atoms. The molecule has 3 saturated heterocycles. The molecule has 5 unspecified atom stereocenters. The van der Waals surface area contributed by atoms with E-state index in [1.54, 1.807) is 0 Å². The van der Waals surface area contributed by atoms with Crippen molar-refractivity contribution in [3.63, 3.8) is 0 Å². The molecular weight excluding hydrogens is 1110 g/mol. The number of aliphatic hydroxyl groups excluding tert-OH is 3. The first-order chi connectivity index (χ1) is 35.7. The van der Waals surface area contributed by atoms with E-state index in [-0.39, 0.29) is 47.1 Å². The van der Waals surface area contributed by atoms with Gasteiger partial charge in [-0.3, -0.25) is 56.0 Å². The molecule has 0 amide bonds. The lowest BCUT2D eigenvalue weighted by atomic mass is 9.95. The molecule has 3 aliphatic rings. The Labute approximate surface area is 425 Å². The molecule has 8 heterocycles. The number of aromatic nitrogens is 10. The fraction of sp³-hybridized carbons (Fsp3) is 0.611. The number of fused-ring (bicyclic) bond motifs is 2. The van der Waals surface area contributed by atoms with Gasteiger partial charge in [-0.05, 0) is 6.42 Å². The Kier molecular flexibility index (Phi) is 17.2. The highest BCUT2D eigenvalue weighted by molar-refractivity contribution is 7.64. The van der Waals surface area contributed by atoms with Crippen molar-refractivity contribution in [2.75, 3.05) is 64.4 Å². The first kappa shape index (κ1) is 57.6. The topological polar surface area (TPSA) is 507 Å². The number of anilines is 2. The van der Waals surface area contributed by atoms with Crippen molar-refractivity contribution in [2.24, 2.45) is 13.0 Å². The molecule has 3 aliphatic heterocycles. The fourth-order valence-electron chi connectivity index (χ4n) is 8.73. The number of nitrogen functional groups attached to an aromatic ring is 2. The number of aryl methyl sites for hydroxylation is 1. The number of hydrogen-bond acceptors (Lipinski definition) is 26. The lowest BCUT2D eigenvalue weighted by molar-refractivity contribution is -0.745. The van der Waals surface area contributed by atoms with Gasteiger partial charge >= 0.3 is 42.2 Å². The summed E-state index contributed by atoms with van der Waals surface area (Å²) in [6.07, 6.45) is -14.6. The van der Waals surface area contributed by atoms with E-state index in [4.69, 9.17) is 53.2 Å². The summed E-state index contributed by atoms with van der Waals surface area (Å²) < 4.78 is 112. The Morgan fingerprint density at radius 1 is 0.789 bits per heavy atom. The third-order valence-corrected chi connectivity index (χ3v) is 18.1. The molecule has 5 aromatic rings. The van der Waals surface area contributed by atoms with Gasteiger partial charge < -0.3 is 74.6 Å². The van der Waals surface area contributed by atoms with Crippen LogP contribution in [0.1, 0.15) is 25.1 Å². The van der Waals surface area contributed by atoms with Crippen LogP contribution in [-0.4, -0.2) is 180 Å². The SMILES string of the molecule is COCC[C@H]1[C@@H](O)[C@H]([n+]2cn(C)c3c(=O)[nH]c(N)nc32)O[C@@H]1COP(=O)(O)OP(=O)(O)CCP(=O)(O)OCC1O[C@@H](n2cnc3c(N)ncnc32)[C@H](OC)[C@@H]1OP(=O)(O)OC[C@H]1O[C@@H](n2ccc(=O)[nH]c2=O)[C@H](O)[C@@H]1O. The van der Waals surface area contributed by atoms with Crippen LogP contribution in [-0.2, 0) is 71.4 Å². The van der Waals surface area contributed by atoms with Crippen LogP contribution in [0.2, 0.25) is 0 Å². The summed E-state index contributed by atoms with van der Waals surface area (Å²) >= 11 is 0. The van der Waals surface area contributed by atoms with E-state index in [2.05, 4.69) is 29.2 Å². The summed E-state index contributed by atoms with van der Waals surface area (Å²) in [7, 11) is -17.2. The summed E-state index contributed by atoms with van der Waals surface area (Å²) in [5, 5.41) is 32.7. The molecule has 40 heteroatoms. The molecule has 0 bridgehead atoms. The monoisotopic (exact) mass is 1160 g/mol. The van der Waals surface area contributed by atoms with E-state index >= 15 is 0 Å². The minimum absolute atomic E-state index is 0.0263. The molecule has 0 aromatic carbocycles. The van der Waals surface area contributed by atoms with Gasteiger partial charge in [0.15, 0.2) is 30.2 Å². The Hall–Kier alpha value is -4.58. The van der Waals surface area contributed by atoms with Gasteiger partial charge in [0.2, 0.25) is 11.7 Å². The van der Waals surface area contributed by atoms with Crippen molar-refractivity contribution in [3.05, 3.63) is 62.4 Å². The smallest absolute Gasteiger partial charge is 0.387 e. The number of phosphoric ester groups is 2. The van der Waals surface area contributed by atoms with E-state index in [0.29, 0.717) is 0 Å². The van der Waals surface area contributed by atoms with Crippen LogP contribution < -0.4 is 32.8 Å². The molecule has 420 valence electrons. The molecule has 16 atom stereocenters. The number of hydrogen-bond donors (Lipinski definition) is 11. The third-order valence-electron chi connectivity index (χ3n) is 12.3. The van der Waals surface area contributed by atoms with Crippen molar-refractivity contribution < 1.29 is 104 Å². The Morgan fingerprint density at radius 2 is 1.47 bits per heavy atom. The van der Waals surface area contributed by atoms with Crippen LogP contribution in [0.4, 0.5) is 11.8 Å². The predicted octanol–water partition coefficient (Wildman–Crippen LogP) is -3.43. The summed E-state index contributed by atoms with van der Waals surface area (Å²) in [5.41, 5.74) is 9.59. The summed E-state index contributed by atoms with van der Waals surface area (Å²) in [4.78, 5) is 100. The quantitative estimate of drug-likeness (QED) is 0.0224. The maximum atomic E-state index is 13.6. The zero-order valence-electron chi connectivity index (χ0n) is 39.9. The highest BCUT2D eigenvalue weighted by Crippen LogP contribution is 2.62. The van der Waals surface area contributed by atoms with E-state index in [9.17, 15) is 67.5 Å². The highest BCUT2D eigenvalue weighted by atomic mass is 31.3. The van der Waals surface area contributed by atoms with Gasteiger partial charge in [0, 0.05) is 39.0 Å². The van der Waals surface area contributed by atoms with Crippen LogP contribution in [0, 0.1) is 5.92 Å². The zero-order valence-corrected chi connectivity index (χ0v) is 43.4. The normalized spacial score (nSPS) is 30.1. The first-order valence-corrected chi connectivity index (χ1v) is 28.9. The second-order valence-electron chi connectivity index (χ2n) is 17.4. The molecule has 0 aliphatic carbocycles. The van der Waals surface area contributed by atoms with Gasteiger partial charge in [-0.25, -0.2) is 37.8 Å². The van der Waals surface area contributed by atoms with Crippen molar-refractivity contribution in [1.82, 2.24) is 43.6 Å². The van der Waals surface area contributed by atoms with Gasteiger partial charge in [0.25, 0.3) is 17.1 Å². The molecule has 76 heavy (non-hydrogen) atoms. The average molecular weight is 1160 g/mol. The number of imidazole rings is 2. The standard InChI is InChI=1S/C36H52N12O24P4/c1-45-15-48(30-22(45)31(53)44-35(38)43-30)32-23(50)16(5-7-63-2)17(68-32)10-67-76(61,62)72-74(57,58)9-8-73(55,56)65-12-19-26(27(64-3)34(70-19)47-14-41-21-28(37)39-13-40-29(21)47)71-75(59,60)66-11-18-24(51)25(52)33(69-18)46-6-4-20(49)42-36(46)54/h4,6,13-19,23-27,32-34,50-52H,5,7-12H2,1-3H3,(H9-,37,38,39,40,42,43,44,49,53,54,55,56,57,58,59,60,61,62)/p+1/t16-,17-,18-,19?,23-,24-,25-,26-,27-,32-,33-,34-/m1/s1. The maximum absolute atomic E-state index is 13.6. The first-order valence-electron chi connectivity index (χ1n) is 22.4. The number of nitrogens with two attached hydrogens (primary N) is 2. The van der Waals surface area contributed by atoms with Crippen LogP contribution >= 0.6 is 30.8 Å². The number of aromatic amines is 2. The van der Waals surface area contributed by atoms with Crippen molar-refractivity contribution in [2.45, 2.75) is 73.9 Å². The molecule has 8 rings (SSSR count). The molecule has 3 fully saturated rings. The summed E-state index contributed by atoms with van der Waals surface area (Å²) in [6, 6.07) is 0.942. The Morgan fingerprint density at radius 3 is 2.18 bits per heavy atom. The molecule has 36 nitrogen and oxygen atoms in total.